The zero-order valence-electron chi connectivity index (χ0n) is 10.0. The molecule has 0 saturated heterocycles. The van der Waals surface area contributed by atoms with Crippen molar-refractivity contribution in [1.82, 2.24) is 9.97 Å². The van der Waals surface area contributed by atoms with E-state index in [0.717, 1.165) is 18.5 Å². The van der Waals surface area contributed by atoms with E-state index in [1.165, 1.54) is 0 Å². The fraction of sp³-hybridized carbons (Fsp3) is 0.0909. The van der Waals surface area contributed by atoms with Gasteiger partial charge < -0.3 is 4.74 Å². The van der Waals surface area contributed by atoms with Gasteiger partial charge in [0, 0.05) is 12.1 Å². The Hall–Kier alpha value is -1.51. The van der Waals surface area contributed by atoms with E-state index in [9.17, 15) is 14.5 Å². The fourth-order valence-corrected chi connectivity index (χ4v) is 2.25. The second-order valence-electron chi connectivity index (χ2n) is 3.68. The molecule has 0 aliphatic heterocycles. The molecule has 1 aromatic carbocycles. The fourth-order valence-electron chi connectivity index (χ4n) is 1.42. The maximum atomic E-state index is 13.6. The smallest absolute Gasteiger partial charge is 0.312 e. The largest absolute Gasteiger partial charge is 0.431 e. The molecule has 0 unspecified atom stereocenters. The van der Waals surface area contributed by atoms with E-state index in [1.807, 2.05) is 0 Å². The highest BCUT2D eigenvalue weighted by Gasteiger charge is 2.21. The van der Waals surface area contributed by atoms with Crippen molar-refractivity contribution in [3.05, 3.63) is 49.6 Å². The van der Waals surface area contributed by atoms with Gasteiger partial charge in [-0.25, -0.2) is 14.4 Å². The van der Waals surface area contributed by atoms with Crippen LogP contribution < -0.4 is 4.74 Å². The lowest BCUT2D eigenvalue weighted by atomic mass is 10.3. The molecule has 110 valence electrons. The third kappa shape index (κ3) is 3.39. The molecule has 21 heavy (non-hydrogen) atoms. The monoisotopic (exact) mass is 395 g/mol. The van der Waals surface area contributed by atoms with Crippen molar-refractivity contribution in [3.63, 3.8) is 0 Å². The van der Waals surface area contributed by atoms with Crippen LogP contribution >= 0.6 is 39.1 Å². The van der Waals surface area contributed by atoms with Crippen LogP contribution in [0.2, 0.25) is 5.15 Å². The van der Waals surface area contributed by atoms with Crippen LogP contribution in [0.15, 0.2) is 22.9 Å². The minimum atomic E-state index is -0.719. The molecule has 6 nitrogen and oxygen atoms in total. The van der Waals surface area contributed by atoms with Crippen molar-refractivity contribution < 1.29 is 14.1 Å². The topological polar surface area (TPSA) is 78.2 Å². The van der Waals surface area contributed by atoms with E-state index in [4.69, 9.17) is 27.9 Å². The van der Waals surface area contributed by atoms with Crippen LogP contribution in [0.1, 0.15) is 5.56 Å². The predicted octanol–water partition coefficient (Wildman–Crippen LogP) is 4.47. The Balaban J connectivity index is 2.51. The lowest BCUT2D eigenvalue weighted by molar-refractivity contribution is -0.385. The molecular weight excluding hydrogens is 392 g/mol. The lowest BCUT2D eigenvalue weighted by Gasteiger charge is -2.09. The number of aromatic nitrogens is 2. The summed E-state index contributed by atoms with van der Waals surface area (Å²) in [4.78, 5) is 17.8. The van der Waals surface area contributed by atoms with Crippen LogP contribution in [0.5, 0.6) is 11.6 Å². The van der Waals surface area contributed by atoms with E-state index in [-0.39, 0.29) is 32.7 Å². The molecule has 10 heteroatoms. The van der Waals surface area contributed by atoms with E-state index >= 15 is 0 Å². The van der Waals surface area contributed by atoms with Crippen molar-refractivity contribution in [1.29, 1.82) is 0 Å². The highest BCUT2D eigenvalue weighted by molar-refractivity contribution is 9.10. The first-order valence-corrected chi connectivity index (χ1v) is 7.01. The predicted molar refractivity (Wildman–Crippen MR) is 77.4 cm³/mol. The van der Waals surface area contributed by atoms with Gasteiger partial charge in [-0.1, -0.05) is 11.6 Å². The van der Waals surface area contributed by atoms with Gasteiger partial charge in [0.25, 0.3) is 0 Å². The number of halogens is 4. The Kier molecular flexibility index (Phi) is 4.92. The van der Waals surface area contributed by atoms with Gasteiger partial charge in [0.15, 0.2) is 0 Å². The van der Waals surface area contributed by atoms with Crippen LogP contribution in [-0.4, -0.2) is 14.9 Å². The van der Waals surface area contributed by atoms with Crippen molar-refractivity contribution in [2.45, 2.75) is 5.88 Å². The highest BCUT2D eigenvalue weighted by atomic mass is 79.9. The molecule has 0 radical (unpaired) electrons. The number of alkyl halides is 1. The molecular formula is C11H5BrCl2FN3O3. The van der Waals surface area contributed by atoms with Crippen LogP contribution in [0.3, 0.4) is 0 Å². The summed E-state index contributed by atoms with van der Waals surface area (Å²) in [5, 5.41) is 11.0. The molecule has 1 heterocycles. The summed E-state index contributed by atoms with van der Waals surface area (Å²) in [5.74, 6) is -1.18. The third-order valence-corrected chi connectivity index (χ3v) is 3.59. The normalized spacial score (nSPS) is 10.5. The van der Waals surface area contributed by atoms with Gasteiger partial charge in [-0.3, -0.25) is 10.1 Å². The summed E-state index contributed by atoms with van der Waals surface area (Å²) in [7, 11) is 0. The first-order chi connectivity index (χ1) is 9.93. The number of hydrogen-bond donors (Lipinski definition) is 0. The van der Waals surface area contributed by atoms with E-state index in [2.05, 4.69) is 25.9 Å². The Morgan fingerprint density at radius 1 is 1.43 bits per heavy atom. The highest BCUT2D eigenvalue weighted by Crippen LogP contribution is 2.36. The summed E-state index contributed by atoms with van der Waals surface area (Å²) in [5.41, 5.74) is -0.183. The standard InChI is InChI=1S/C11H5BrCl2FN3O3/c12-6-1-8(18(19)20)9(2-7(6)15)21-11-5(3-13)10(14)16-4-17-11/h1-2,4H,3H2. The van der Waals surface area contributed by atoms with Crippen LogP contribution in [0.25, 0.3) is 0 Å². The van der Waals surface area contributed by atoms with E-state index in [0.29, 0.717) is 0 Å². The minimum Gasteiger partial charge on any atom is -0.431 e. The first-order valence-electron chi connectivity index (χ1n) is 5.30. The zero-order valence-corrected chi connectivity index (χ0v) is 13.1. The van der Waals surface area contributed by atoms with Crippen LogP contribution in [0, 0.1) is 15.9 Å². The average Bonchev–Trinajstić information content (AvgIpc) is 2.42. The summed E-state index contributed by atoms with van der Waals surface area (Å²) >= 11 is 14.4. The Labute approximate surface area is 136 Å². The van der Waals surface area contributed by atoms with Gasteiger partial charge in [-0.05, 0) is 15.9 Å². The van der Waals surface area contributed by atoms with Crippen molar-refractivity contribution in [3.8, 4) is 11.6 Å². The second kappa shape index (κ2) is 6.50. The quantitative estimate of drug-likeness (QED) is 0.329. The minimum absolute atomic E-state index is 0.0511. The molecule has 0 N–H and O–H groups in total. The van der Waals surface area contributed by atoms with Crippen molar-refractivity contribution in [2.75, 3.05) is 0 Å². The SMILES string of the molecule is O=[N+]([O-])c1cc(Br)c(F)cc1Oc1ncnc(Cl)c1CCl. The summed E-state index contributed by atoms with van der Waals surface area (Å²) in [6, 6.07) is 1.87. The third-order valence-electron chi connectivity index (χ3n) is 2.39. The van der Waals surface area contributed by atoms with E-state index in [1.54, 1.807) is 0 Å². The number of nitrogens with zero attached hydrogens (tertiary/aromatic N) is 3. The summed E-state index contributed by atoms with van der Waals surface area (Å²) in [6.45, 7) is 0. The molecule has 0 spiro atoms. The van der Waals surface area contributed by atoms with Crippen molar-refractivity contribution in [2.24, 2.45) is 0 Å². The first kappa shape index (κ1) is 15.9. The van der Waals surface area contributed by atoms with Gasteiger partial charge in [-0.15, -0.1) is 11.6 Å². The molecule has 0 aliphatic carbocycles. The zero-order chi connectivity index (χ0) is 15.6. The molecule has 0 fully saturated rings. The molecule has 0 amide bonds. The lowest BCUT2D eigenvalue weighted by Crippen LogP contribution is -1.99. The molecule has 1 aromatic heterocycles. The molecule has 0 saturated carbocycles. The second-order valence-corrected chi connectivity index (χ2v) is 5.15. The van der Waals surface area contributed by atoms with Gasteiger partial charge in [0.1, 0.15) is 17.3 Å². The van der Waals surface area contributed by atoms with Gasteiger partial charge in [-0.2, -0.15) is 0 Å². The van der Waals surface area contributed by atoms with Crippen molar-refractivity contribution >= 4 is 44.8 Å². The number of nitro groups is 1. The maximum absolute atomic E-state index is 13.6. The Morgan fingerprint density at radius 2 is 2.14 bits per heavy atom. The maximum Gasteiger partial charge on any atom is 0.312 e. The number of benzene rings is 1. The molecule has 0 aliphatic rings. The van der Waals surface area contributed by atoms with E-state index < -0.39 is 16.4 Å². The average molecular weight is 397 g/mol. The molecule has 2 rings (SSSR count). The van der Waals surface area contributed by atoms with Gasteiger partial charge >= 0.3 is 5.69 Å². The molecule has 0 atom stereocenters. The number of hydrogen-bond acceptors (Lipinski definition) is 5. The molecule has 0 bridgehead atoms. The summed E-state index contributed by atoms with van der Waals surface area (Å²) in [6.07, 6.45) is 1.11. The molecule has 2 aromatic rings. The summed E-state index contributed by atoms with van der Waals surface area (Å²) < 4.78 is 18.8. The Morgan fingerprint density at radius 3 is 2.76 bits per heavy atom. The van der Waals surface area contributed by atoms with Gasteiger partial charge in [0.05, 0.1) is 20.8 Å². The number of ether oxygens (including phenoxy) is 1. The number of rotatable bonds is 4. The van der Waals surface area contributed by atoms with Crippen LogP contribution in [-0.2, 0) is 5.88 Å². The van der Waals surface area contributed by atoms with Gasteiger partial charge in [0.2, 0.25) is 11.6 Å². The number of nitro benzene ring substituents is 1. The van der Waals surface area contributed by atoms with Crippen LogP contribution in [0.4, 0.5) is 10.1 Å². The Bertz CT molecular complexity index is 717.